The summed E-state index contributed by atoms with van der Waals surface area (Å²) >= 11 is 0. The lowest BCUT2D eigenvalue weighted by atomic mass is 9.99. The molecule has 0 saturated carbocycles. The van der Waals surface area contributed by atoms with Crippen molar-refractivity contribution in [2.24, 2.45) is 5.92 Å². The van der Waals surface area contributed by atoms with Crippen LogP contribution < -0.4 is 10.6 Å². The van der Waals surface area contributed by atoms with Crippen molar-refractivity contribution in [1.82, 2.24) is 4.57 Å². The van der Waals surface area contributed by atoms with E-state index in [1.807, 2.05) is 0 Å². The number of rotatable bonds is 1. The minimum atomic E-state index is 0.579. The average Bonchev–Trinajstić information content (AvgIpc) is 2.96. The van der Waals surface area contributed by atoms with Gasteiger partial charge in [-0.05, 0) is 41.3 Å². The Hall–Kier alpha value is -2.80. The Bertz CT molecular complexity index is 1180. The summed E-state index contributed by atoms with van der Waals surface area (Å²) in [5, 5.41) is 6.77. The van der Waals surface area contributed by atoms with Crippen molar-refractivity contribution in [1.29, 1.82) is 0 Å². The topological polar surface area (TPSA) is 4.93 Å². The van der Waals surface area contributed by atoms with Gasteiger partial charge < -0.3 is 4.57 Å². The van der Waals surface area contributed by atoms with Gasteiger partial charge in [0.15, 0.2) is 0 Å². The van der Waals surface area contributed by atoms with E-state index in [-0.39, 0.29) is 0 Å². The highest BCUT2D eigenvalue weighted by atomic mass is 15.0. The zero-order chi connectivity index (χ0) is 16.1. The summed E-state index contributed by atoms with van der Waals surface area (Å²) in [6.07, 6.45) is 5.97. The monoisotopic (exact) mass is 309 g/mol. The molecule has 0 radical (unpaired) electrons. The van der Waals surface area contributed by atoms with Crippen molar-refractivity contribution in [2.45, 2.75) is 13.3 Å². The Morgan fingerprint density at radius 1 is 0.875 bits per heavy atom. The molecular weight excluding hydrogens is 290 g/mol. The highest BCUT2D eigenvalue weighted by molar-refractivity contribution is 6.07. The molecule has 0 aliphatic heterocycles. The lowest BCUT2D eigenvalue weighted by Gasteiger charge is -2.10. The Labute approximate surface area is 141 Å². The third-order valence-electron chi connectivity index (χ3n) is 5.08. The van der Waals surface area contributed by atoms with Crippen LogP contribution in [0.5, 0.6) is 0 Å². The van der Waals surface area contributed by atoms with Crippen LogP contribution in [0.1, 0.15) is 13.3 Å². The van der Waals surface area contributed by atoms with E-state index in [4.69, 9.17) is 0 Å². The molecule has 1 nitrogen and oxygen atoms in total. The molecule has 1 atom stereocenters. The van der Waals surface area contributed by atoms with E-state index in [0.29, 0.717) is 5.92 Å². The zero-order valence-electron chi connectivity index (χ0n) is 13.7. The summed E-state index contributed by atoms with van der Waals surface area (Å²) in [6, 6.07) is 23.9. The molecule has 0 saturated heterocycles. The molecule has 1 unspecified atom stereocenters. The largest absolute Gasteiger partial charge is 0.310 e. The zero-order valence-corrected chi connectivity index (χ0v) is 13.7. The predicted molar refractivity (Wildman–Crippen MR) is 103 cm³/mol. The van der Waals surface area contributed by atoms with Gasteiger partial charge >= 0.3 is 0 Å². The number of fused-ring (bicyclic) bond motifs is 5. The molecule has 4 aromatic rings. The van der Waals surface area contributed by atoms with Crippen molar-refractivity contribution in [2.75, 3.05) is 0 Å². The summed E-state index contributed by atoms with van der Waals surface area (Å²) in [5.74, 6) is 0.579. The summed E-state index contributed by atoms with van der Waals surface area (Å²) in [6.45, 7) is 2.30. The Morgan fingerprint density at radius 3 is 2.54 bits per heavy atom. The van der Waals surface area contributed by atoms with Gasteiger partial charge in [-0.3, -0.25) is 0 Å². The Balaban J connectivity index is 2.06. The molecule has 24 heavy (non-hydrogen) atoms. The number of hydrogen-bond acceptors (Lipinski definition) is 0. The van der Waals surface area contributed by atoms with Crippen LogP contribution in [0.2, 0.25) is 0 Å². The van der Waals surface area contributed by atoms with E-state index in [0.717, 1.165) is 6.42 Å². The third-order valence-corrected chi connectivity index (χ3v) is 5.08. The van der Waals surface area contributed by atoms with Gasteiger partial charge in [-0.1, -0.05) is 67.6 Å². The van der Waals surface area contributed by atoms with Gasteiger partial charge in [0.25, 0.3) is 0 Å². The highest BCUT2D eigenvalue weighted by Crippen LogP contribution is 2.25. The van der Waals surface area contributed by atoms with Crippen LogP contribution in [0.15, 0.2) is 66.7 Å². The minimum Gasteiger partial charge on any atom is -0.310 e. The molecule has 3 aromatic carbocycles. The SMILES string of the molecule is CC1C=c2c(c3c4ccccc4ccc3n2-c2ccccc2)=CC1. The van der Waals surface area contributed by atoms with Crippen LogP contribution in [-0.2, 0) is 0 Å². The standard InChI is InChI=1S/C23H19N/c1-16-11-13-20-22(15-16)24(18-8-3-2-4-9-18)21-14-12-17-7-5-6-10-19(17)23(20)21/h2-10,12-16H,11H2,1H3. The van der Waals surface area contributed by atoms with Crippen molar-refractivity contribution >= 4 is 33.8 Å². The van der Waals surface area contributed by atoms with E-state index in [2.05, 4.69) is 90.4 Å². The lowest BCUT2D eigenvalue weighted by Crippen LogP contribution is -2.31. The fourth-order valence-electron chi connectivity index (χ4n) is 3.98. The maximum atomic E-state index is 2.43. The summed E-state index contributed by atoms with van der Waals surface area (Å²) in [7, 11) is 0. The first kappa shape index (κ1) is 13.6. The maximum Gasteiger partial charge on any atom is 0.0547 e. The minimum absolute atomic E-state index is 0.579. The van der Waals surface area contributed by atoms with Crippen LogP contribution in [0.4, 0.5) is 0 Å². The number of benzene rings is 3. The number of hydrogen-bond donors (Lipinski definition) is 0. The third kappa shape index (κ3) is 1.88. The van der Waals surface area contributed by atoms with Gasteiger partial charge in [-0.25, -0.2) is 0 Å². The molecule has 0 fully saturated rings. The van der Waals surface area contributed by atoms with Gasteiger partial charge in [0.2, 0.25) is 0 Å². The van der Waals surface area contributed by atoms with Gasteiger partial charge in [0.05, 0.1) is 10.9 Å². The second-order valence-electron chi connectivity index (χ2n) is 6.73. The van der Waals surface area contributed by atoms with E-state index in [1.54, 1.807) is 0 Å². The molecule has 1 heterocycles. The fourth-order valence-corrected chi connectivity index (χ4v) is 3.98. The van der Waals surface area contributed by atoms with Gasteiger partial charge in [-0.15, -0.1) is 0 Å². The summed E-state index contributed by atoms with van der Waals surface area (Å²) < 4.78 is 2.42. The first-order chi connectivity index (χ1) is 11.8. The van der Waals surface area contributed by atoms with Crippen molar-refractivity contribution < 1.29 is 0 Å². The second kappa shape index (κ2) is 5.10. The summed E-state index contributed by atoms with van der Waals surface area (Å²) in [4.78, 5) is 0. The van der Waals surface area contributed by atoms with Crippen molar-refractivity contribution in [3.05, 3.63) is 77.3 Å². The average molecular weight is 309 g/mol. The molecule has 116 valence electrons. The van der Waals surface area contributed by atoms with Crippen molar-refractivity contribution in [3.8, 4) is 5.69 Å². The summed E-state index contributed by atoms with van der Waals surface area (Å²) in [5.41, 5.74) is 2.53. The van der Waals surface area contributed by atoms with Crippen LogP contribution in [-0.4, -0.2) is 4.57 Å². The Kier molecular flexibility index (Phi) is 2.90. The van der Waals surface area contributed by atoms with E-state index in [1.165, 1.54) is 37.9 Å². The number of aromatic nitrogens is 1. The van der Waals surface area contributed by atoms with Gasteiger partial charge in [-0.2, -0.15) is 0 Å². The molecule has 5 rings (SSSR count). The molecule has 1 aliphatic rings. The quantitative estimate of drug-likeness (QED) is 0.491. The first-order valence-corrected chi connectivity index (χ1v) is 8.62. The Morgan fingerprint density at radius 2 is 1.67 bits per heavy atom. The van der Waals surface area contributed by atoms with Crippen LogP contribution in [0.3, 0.4) is 0 Å². The molecule has 1 aromatic heterocycles. The van der Waals surface area contributed by atoms with Gasteiger partial charge in [0, 0.05) is 16.3 Å². The number of para-hydroxylation sites is 1. The molecule has 0 amide bonds. The van der Waals surface area contributed by atoms with E-state index >= 15 is 0 Å². The van der Waals surface area contributed by atoms with Crippen LogP contribution in [0.25, 0.3) is 39.5 Å². The number of nitrogens with zero attached hydrogens (tertiary/aromatic N) is 1. The molecule has 1 heteroatoms. The lowest BCUT2D eigenvalue weighted by molar-refractivity contribution is 0.793. The molecule has 0 bridgehead atoms. The molecule has 1 aliphatic carbocycles. The molecule has 0 spiro atoms. The normalized spacial score (nSPS) is 16.6. The van der Waals surface area contributed by atoms with E-state index < -0.39 is 0 Å². The second-order valence-corrected chi connectivity index (χ2v) is 6.73. The predicted octanol–water partition coefficient (Wildman–Crippen LogP) is 4.38. The van der Waals surface area contributed by atoms with Crippen LogP contribution >= 0.6 is 0 Å². The molecular formula is C23H19N. The first-order valence-electron chi connectivity index (χ1n) is 8.62. The van der Waals surface area contributed by atoms with Gasteiger partial charge in [0.1, 0.15) is 0 Å². The fraction of sp³-hybridized carbons (Fsp3) is 0.130. The molecule has 0 N–H and O–H groups in total. The maximum absolute atomic E-state index is 2.43. The van der Waals surface area contributed by atoms with Crippen molar-refractivity contribution in [3.63, 3.8) is 0 Å². The van der Waals surface area contributed by atoms with E-state index in [9.17, 15) is 0 Å². The highest BCUT2D eigenvalue weighted by Gasteiger charge is 2.15. The van der Waals surface area contributed by atoms with Crippen LogP contribution in [0, 0.1) is 5.92 Å². The smallest absolute Gasteiger partial charge is 0.0547 e.